The van der Waals surface area contributed by atoms with Gasteiger partial charge in [0.1, 0.15) is 17.0 Å². The number of pyridine rings is 1. The number of carbonyl (C=O) groups is 1. The molecule has 0 saturated heterocycles. The Morgan fingerprint density at radius 1 is 1.52 bits per heavy atom. The molecule has 122 valence electrons. The molecule has 23 heavy (non-hydrogen) atoms. The molecular weight excluding hydrogens is 294 g/mol. The van der Waals surface area contributed by atoms with Crippen molar-refractivity contribution in [2.45, 2.75) is 39.3 Å². The first-order valence-corrected chi connectivity index (χ1v) is 7.86. The predicted molar refractivity (Wildman–Crippen MR) is 85.3 cm³/mol. The van der Waals surface area contributed by atoms with E-state index in [4.69, 9.17) is 4.52 Å². The molecule has 2 heterocycles. The van der Waals surface area contributed by atoms with E-state index < -0.39 is 0 Å². The smallest absolute Gasteiger partial charge is 0.263 e. The molecule has 3 rings (SSSR count). The standard InChI is InChI=1S/C17H21N3O3/c1-11-9-14(18-23-11)10-20-8-4-5-15(17(20)22)16(21)19(3)12(2)13-6-7-13/h4-5,8-9,12-13H,6-7,10H2,1-3H3/t12-/m1/s1. The zero-order valence-electron chi connectivity index (χ0n) is 13.7. The Morgan fingerprint density at radius 2 is 2.26 bits per heavy atom. The van der Waals surface area contributed by atoms with Gasteiger partial charge in [0.05, 0.1) is 6.54 Å². The van der Waals surface area contributed by atoms with Gasteiger partial charge in [-0.2, -0.15) is 0 Å². The quantitative estimate of drug-likeness (QED) is 0.847. The summed E-state index contributed by atoms with van der Waals surface area (Å²) in [6.45, 7) is 4.13. The lowest BCUT2D eigenvalue weighted by atomic mass is 10.1. The Balaban J connectivity index is 1.84. The molecule has 0 aliphatic heterocycles. The fourth-order valence-corrected chi connectivity index (χ4v) is 2.76. The molecule has 0 N–H and O–H groups in total. The van der Waals surface area contributed by atoms with Crippen molar-refractivity contribution in [3.8, 4) is 0 Å². The predicted octanol–water partition coefficient (Wildman–Crippen LogP) is 2.06. The lowest BCUT2D eigenvalue weighted by molar-refractivity contribution is 0.0725. The fourth-order valence-electron chi connectivity index (χ4n) is 2.76. The highest BCUT2D eigenvalue weighted by molar-refractivity contribution is 5.93. The summed E-state index contributed by atoms with van der Waals surface area (Å²) in [5.74, 6) is 1.03. The van der Waals surface area contributed by atoms with Crippen molar-refractivity contribution in [3.63, 3.8) is 0 Å². The molecule has 6 nitrogen and oxygen atoms in total. The molecule has 0 bridgehead atoms. The largest absolute Gasteiger partial charge is 0.361 e. The van der Waals surface area contributed by atoms with Gasteiger partial charge in [-0.05, 0) is 44.7 Å². The maximum Gasteiger partial charge on any atom is 0.263 e. The van der Waals surface area contributed by atoms with Crippen LogP contribution in [0.25, 0.3) is 0 Å². The topological polar surface area (TPSA) is 68.3 Å². The zero-order valence-corrected chi connectivity index (χ0v) is 13.7. The normalized spacial score (nSPS) is 15.4. The van der Waals surface area contributed by atoms with Gasteiger partial charge in [-0.1, -0.05) is 5.16 Å². The molecule has 1 saturated carbocycles. The van der Waals surface area contributed by atoms with Gasteiger partial charge in [0, 0.05) is 25.4 Å². The lowest BCUT2D eigenvalue weighted by Gasteiger charge is -2.24. The van der Waals surface area contributed by atoms with E-state index in [0.717, 1.165) is 12.8 Å². The first-order chi connectivity index (χ1) is 11.0. The minimum Gasteiger partial charge on any atom is -0.361 e. The number of aryl methyl sites for hydroxylation is 1. The number of carbonyl (C=O) groups excluding carboxylic acids is 1. The van der Waals surface area contributed by atoms with Crippen LogP contribution in [0.2, 0.25) is 0 Å². The van der Waals surface area contributed by atoms with E-state index in [-0.39, 0.29) is 23.1 Å². The van der Waals surface area contributed by atoms with E-state index in [9.17, 15) is 9.59 Å². The van der Waals surface area contributed by atoms with Crippen molar-refractivity contribution in [3.05, 3.63) is 51.8 Å². The van der Waals surface area contributed by atoms with Crippen LogP contribution >= 0.6 is 0 Å². The van der Waals surface area contributed by atoms with Crippen LogP contribution in [0.15, 0.2) is 33.7 Å². The van der Waals surface area contributed by atoms with Gasteiger partial charge in [0.2, 0.25) is 0 Å². The van der Waals surface area contributed by atoms with Crippen LogP contribution < -0.4 is 5.56 Å². The highest BCUT2D eigenvalue weighted by atomic mass is 16.5. The molecule has 0 radical (unpaired) electrons. The van der Waals surface area contributed by atoms with Crippen molar-refractivity contribution >= 4 is 5.91 Å². The highest BCUT2D eigenvalue weighted by Crippen LogP contribution is 2.34. The number of rotatable bonds is 5. The Kier molecular flexibility index (Phi) is 4.07. The second kappa shape index (κ2) is 6.02. The second-order valence-electron chi connectivity index (χ2n) is 6.28. The van der Waals surface area contributed by atoms with Crippen LogP contribution in [0.3, 0.4) is 0 Å². The Morgan fingerprint density at radius 3 is 2.87 bits per heavy atom. The van der Waals surface area contributed by atoms with Crippen LogP contribution in [0, 0.1) is 12.8 Å². The van der Waals surface area contributed by atoms with Crippen molar-refractivity contribution in [1.82, 2.24) is 14.6 Å². The van der Waals surface area contributed by atoms with E-state index in [1.54, 1.807) is 43.3 Å². The number of amides is 1. The minimum atomic E-state index is -0.298. The van der Waals surface area contributed by atoms with Gasteiger partial charge >= 0.3 is 0 Å². The second-order valence-corrected chi connectivity index (χ2v) is 6.28. The Labute approximate surface area is 134 Å². The van der Waals surface area contributed by atoms with Gasteiger partial charge in [-0.15, -0.1) is 0 Å². The maximum atomic E-state index is 12.6. The van der Waals surface area contributed by atoms with E-state index in [0.29, 0.717) is 23.9 Å². The molecule has 1 aliphatic rings. The summed E-state index contributed by atoms with van der Waals surface area (Å²) in [6, 6.07) is 5.25. The van der Waals surface area contributed by atoms with E-state index in [1.165, 1.54) is 4.57 Å². The van der Waals surface area contributed by atoms with Crippen LogP contribution in [0.4, 0.5) is 0 Å². The molecule has 0 spiro atoms. The summed E-state index contributed by atoms with van der Waals surface area (Å²) in [5.41, 5.74) is 0.560. The molecule has 2 aromatic heterocycles. The van der Waals surface area contributed by atoms with Crippen LogP contribution in [-0.2, 0) is 6.54 Å². The van der Waals surface area contributed by atoms with Gasteiger partial charge in [0.15, 0.2) is 0 Å². The molecule has 1 fully saturated rings. The van der Waals surface area contributed by atoms with Crippen molar-refractivity contribution in [2.75, 3.05) is 7.05 Å². The van der Waals surface area contributed by atoms with Crippen molar-refractivity contribution in [1.29, 1.82) is 0 Å². The molecule has 2 aromatic rings. The first-order valence-electron chi connectivity index (χ1n) is 7.86. The molecular formula is C17H21N3O3. The third kappa shape index (κ3) is 3.21. The average molecular weight is 315 g/mol. The SMILES string of the molecule is Cc1cc(Cn2cccc(C(=O)N(C)[C@H](C)C3CC3)c2=O)no1. The maximum absolute atomic E-state index is 12.6. The molecule has 1 atom stereocenters. The molecule has 1 amide bonds. The Bertz CT molecular complexity index is 773. The third-order valence-electron chi connectivity index (χ3n) is 4.50. The van der Waals surface area contributed by atoms with E-state index in [2.05, 4.69) is 5.16 Å². The van der Waals surface area contributed by atoms with Crippen molar-refractivity contribution in [2.24, 2.45) is 5.92 Å². The molecule has 1 aliphatic carbocycles. The van der Waals surface area contributed by atoms with Gasteiger partial charge < -0.3 is 14.0 Å². The van der Waals surface area contributed by atoms with Crippen LogP contribution in [0.1, 0.15) is 41.6 Å². The number of aromatic nitrogens is 2. The summed E-state index contributed by atoms with van der Waals surface area (Å²) >= 11 is 0. The van der Waals surface area contributed by atoms with Gasteiger partial charge in [0.25, 0.3) is 11.5 Å². The number of nitrogens with zero attached hydrogens (tertiary/aromatic N) is 3. The minimum absolute atomic E-state index is 0.161. The molecule has 0 unspecified atom stereocenters. The summed E-state index contributed by atoms with van der Waals surface area (Å²) in [4.78, 5) is 26.9. The monoisotopic (exact) mass is 315 g/mol. The molecule has 0 aromatic carbocycles. The zero-order chi connectivity index (χ0) is 16.6. The van der Waals surface area contributed by atoms with Crippen LogP contribution in [0.5, 0.6) is 0 Å². The first kappa shape index (κ1) is 15.5. The van der Waals surface area contributed by atoms with Crippen molar-refractivity contribution < 1.29 is 9.32 Å². The molecule has 6 heteroatoms. The van der Waals surface area contributed by atoms with Gasteiger partial charge in [-0.3, -0.25) is 9.59 Å². The summed E-state index contributed by atoms with van der Waals surface area (Å²) in [5, 5.41) is 3.89. The average Bonchev–Trinajstić information content (AvgIpc) is 3.30. The number of hydrogen-bond donors (Lipinski definition) is 0. The fraction of sp³-hybridized carbons (Fsp3) is 0.471. The summed E-state index contributed by atoms with van der Waals surface area (Å²) in [7, 11) is 1.77. The van der Waals surface area contributed by atoms with Gasteiger partial charge in [-0.25, -0.2) is 0 Å². The van der Waals surface area contributed by atoms with E-state index >= 15 is 0 Å². The van der Waals surface area contributed by atoms with Crippen LogP contribution in [-0.4, -0.2) is 33.6 Å². The third-order valence-corrected chi connectivity index (χ3v) is 4.50. The highest BCUT2D eigenvalue weighted by Gasteiger charge is 2.33. The van der Waals surface area contributed by atoms with E-state index in [1.807, 2.05) is 6.92 Å². The summed E-state index contributed by atoms with van der Waals surface area (Å²) < 4.78 is 6.50. The lowest BCUT2D eigenvalue weighted by Crippen LogP contribution is -2.40. The Hall–Kier alpha value is -2.37. The number of hydrogen-bond acceptors (Lipinski definition) is 4. The summed E-state index contributed by atoms with van der Waals surface area (Å²) in [6.07, 6.45) is 3.97.